The molecule has 1 aliphatic carbocycles. The number of halogens is 2. The third kappa shape index (κ3) is 9.89. The van der Waals surface area contributed by atoms with E-state index in [1.165, 1.54) is 28.6 Å². The van der Waals surface area contributed by atoms with Gasteiger partial charge in [-0.1, -0.05) is 77.7 Å². The van der Waals surface area contributed by atoms with Crippen LogP contribution < -0.4 is 9.62 Å². The number of benzene rings is 3. The van der Waals surface area contributed by atoms with Crippen molar-refractivity contribution in [2.75, 3.05) is 17.1 Å². The zero-order valence-electron chi connectivity index (χ0n) is 24.4. The van der Waals surface area contributed by atoms with Crippen LogP contribution in [0.25, 0.3) is 0 Å². The summed E-state index contributed by atoms with van der Waals surface area (Å²) < 4.78 is 40.7. The summed E-state index contributed by atoms with van der Waals surface area (Å²) in [4.78, 5) is 29.5. The van der Waals surface area contributed by atoms with Gasteiger partial charge in [0.2, 0.25) is 21.8 Å². The Hall–Kier alpha value is -3.24. The van der Waals surface area contributed by atoms with E-state index in [9.17, 15) is 22.4 Å². The number of hydrogen-bond donors (Lipinski definition) is 1. The topological polar surface area (TPSA) is 86.8 Å². The van der Waals surface area contributed by atoms with Crippen molar-refractivity contribution in [2.24, 2.45) is 0 Å². The van der Waals surface area contributed by atoms with Crippen molar-refractivity contribution in [3.8, 4) is 0 Å². The molecule has 1 saturated carbocycles. The smallest absolute Gasteiger partial charge is 0.243 e. The van der Waals surface area contributed by atoms with Crippen LogP contribution in [-0.4, -0.2) is 50.0 Å². The molecule has 3 aromatic carbocycles. The van der Waals surface area contributed by atoms with E-state index in [4.69, 9.17) is 0 Å². The standard InChI is InChI=1S/C33H39BrFN3O4S/c1-43(41,42)38(30-20-18-28(35)19-21-30)22-8-13-32(39)37(24-26-14-16-27(34)17-15-26)31(23-25-9-4-2-5-10-25)33(40)36-29-11-6-3-7-12-29/h2,4-5,9-10,14-21,29,31H,3,6-8,11-13,22-24H2,1H3,(H,36,40)/t31-/m1/s1. The Morgan fingerprint density at radius 1 is 0.930 bits per heavy atom. The van der Waals surface area contributed by atoms with Gasteiger partial charge in [0.25, 0.3) is 0 Å². The summed E-state index contributed by atoms with van der Waals surface area (Å²) in [5.74, 6) is -0.882. The Balaban J connectivity index is 1.58. The van der Waals surface area contributed by atoms with Crippen molar-refractivity contribution in [3.63, 3.8) is 0 Å². The third-order valence-corrected chi connectivity index (χ3v) is 9.48. The number of hydrogen-bond acceptors (Lipinski definition) is 4. The molecule has 1 aliphatic rings. The minimum atomic E-state index is -3.67. The van der Waals surface area contributed by atoms with Crippen LogP contribution in [0, 0.1) is 5.82 Å². The number of amides is 2. The molecule has 1 atom stereocenters. The molecule has 3 aromatic rings. The van der Waals surface area contributed by atoms with Crippen LogP contribution in [0.2, 0.25) is 0 Å². The van der Waals surface area contributed by atoms with Crippen molar-refractivity contribution in [2.45, 2.75) is 70.0 Å². The lowest BCUT2D eigenvalue weighted by Gasteiger charge is -2.34. The minimum Gasteiger partial charge on any atom is -0.352 e. The molecule has 0 saturated heterocycles. The predicted molar refractivity (Wildman–Crippen MR) is 171 cm³/mol. The summed E-state index contributed by atoms with van der Waals surface area (Å²) in [5.41, 5.74) is 2.15. The summed E-state index contributed by atoms with van der Waals surface area (Å²) in [6.07, 6.45) is 6.85. The first-order valence-electron chi connectivity index (χ1n) is 14.7. The number of carbonyl (C=O) groups is 2. The Kier molecular flexibility index (Phi) is 11.8. The summed E-state index contributed by atoms with van der Waals surface area (Å²) in [6, 6.07) is 21.9. The Morgan fingerprint density at radius 2 is 1.58 bits per heavy atom. The van der Waals surface area contributed by atoms with Crippen molar-refractivity contribution in [1.82, 2.24) is 10.2 Å². The Bertz CT molecular complexity index is 1450. The number of nitrogens with zero attached hydrogens (tertiary/aromatic N) is 2. The third-order valence-electron chi connectivity index (χ3n) is 7.76. The lowest BCUT2D eigenvalue weighted by atomic mass is 9.94. The molecular formula is C33H39BrFN3O4S. The number of anilines is 1. The molecule has 0 unspecified atom stereocenters. The summed E-state index contributed by atoms with van der Waals surface area (Å²) in [6.45, 7) is 0.273. The highest BCUT2D eigenvalue weighted by molar-refractivity contribution is 9.10. The first-order chi connectivity index (χ1) is 20.6. The van der Waals surface area contributed by atoms with Gasteiger partial charge in [-0.2, -0.15) is 0 Å². The first-order valence-corrected chi connectivity index (χ1v) is 17.4. The lowest BCUT2D eigenvalue weighted by Crippen LogP contribution is -2.52. The molecule has 1 fully saturated rings. The van der Waals surface area contributed by atoms with Gasteiger partial charge in [-0.05, 0) is 66.8 Å². The Labute approximate surface area is 262 Å². The fraction of sp³-hybridized carbons (Fsp3) is 0.394. The Morgan fingerprint density at radius 3 is 2.21 bits per heavy atom. The van der Waals surface area contributed by atoms with E-state index in [0.29, 0.717) is 12.1 Å². The van der Waals surface area contributed by atoms with Gasteiger partial charge in [0.1, 0.15) is 11.9 Å². The highest BCUT2D eigenvalue weighted by Gasteiger charge is 2.32. The molecule has 0 aromatic heterocycles. The molecule has 0 radical (unpaired) electrons. The fourth-order valence-electron chi connectivity index (χ4n) is 5.50. The first kappa shape index (κ1) is 32.7. The number of carbonyl (C=O) groups excluding carboxylic acids is 2. The summed E-state index contributed by atoms with van der Waals surface area (Å²) >= 11 is 3.46. The van der Waals surface area contributed by atoms with Crippen LogP contribution in [0.15, 0.2) is 83.3 Å². The van der Waals surface area contributed by atoms with Gasteiger partial charge in [-0.15, -0.1) is 0 Å². The molecular weight excluding hydrogens is 633 g/mol. The normalized spacial score (nSPS) is 14.6. The number of sulfonamides is 1. The van der Waals surface area contributed by atoms with E-state index in [1.54, 1.807) is 4.90 Å². The molecule has 0 bridgehead atoms. The molecule has 43 heavy (non-hydrogen) atoms. The average Bonchev–Trinajstić information content (AvgIpc) is 2.99. The molecule has 1 N–H and O–H groups in total. The van der Waals surface area contributed by atoms with Crippen molar-refractivity contribution < 1.29 is 22.4 Å². The van der Waals surface area contributed by atoms with Gasteiger partial charge in [0, 0.05) is 36.4 Å². The van der Waals surface area contributed by atoms with Crippen LogP contribution in [0.5, 0.6) is 0 Å². The highest BCUT2D eigenvalue weighted by Crippen LogP contribution is 2.22. The maximum Gasteiger partial charge on any atom is 0.243 e. The molecule has 10 heteroatoms. The van der Waals surface area contributed by atoms with Gasteiger partial charge in [-0.3, -0.25) is 13.9 Å². The van der Waals surface area contributed by atoms with Gasteiger partial charge in [-0.25, -0.2) is 12.8 Å². The van der Waals surface area contributed by atoms with E-state index in [-0.39, 0.29) is 43.8 Å². The van der Waals surface area contributed by atoms with Crippen LogP contribution in [-0.2, 0) is 32.6 Å². The maximum atomic E-state index is 14.0. The van der Waals surface area contributed by atoms with Crippen LogP contribution in [0.4, 0.5) is 10.1 Å². The molecule has 4 rings (SSSR count). The molecule has 0 spiro atoms. The van der Waals surface area contributed by atoms with Crippen molar-refractivity contribution >= 4 is 43.5 Å². The average molecular weight is 673 g/mol. The van der Waals surface area contributed by atoms with Crippen molar-refractivity contribution in [1.29, 1.82) is 0 Å². The second kappa shape index (κ2) is 15.5. The largest absolute Gasteiger partial charge is 0.352 e. The zero-order valence-corrected chi connectivity index (χ0v) is 26.8. The van der Waals surface area contributed by atoms with E-state index >= 15 is 0 Å². The fourth-order valence-corrected chi connectivity index (χ4v) is 6.73. The van der Waals surface area contributed by atoms with Crippen LogP contribution >= 0.6 is 15.9 Å². The quantitative estimate of drug-likeness (QED) is 0.234. The predicted octanol–water partition coefficient (Wildman–Crippen LogP) is 6.22. The molecule has 0 heterocycles. The van der Waals surface area contributed by atoms with Crippen LogP contribution in [0.3, 0.4) is 0 Å². The van der Waals surface area contributed by atoms with Gasteiger partial charge in [0.15, 0.2) is 0 Å². The van der Waals surface area contributed by atoms with Gasteiger partial charge in [0.05, 0.1) is 11.9 Å². The monoisotopic (exact) mass is 671 g/mol. The summed E-state index contributed by atoms with van der Waals surface area (Å²) in [7, 11) is -3.67. The number of rotatable bonds is 13. The highest BCUT2D eigenvalue weighted by atomic mass is 79.9. The van der Waals surface area contributed by atoms with Crippen molar-refractivity contribution in [3.05, 3.63) is 100 Å². The molecule has 7 nitrogen and oxygen atoms in total. The minimum absolute atomic E-state index is 0.0335. The van der Waals surface area contributed by atoms with E-state index in [0.717, 1.165) is 54.0 Å². The SMILES string of the molecule is CS(=O)(=O)N(CCCC(=O)N(Cc1ccc(Br)cc1)[C@H](Cc1ccccc1)C(=O)NC1CCCCC1)c1ccc(F)cc1. The zero-order chi connectivity index (χ0) is 30.8. The van der Waals surface area contributed by atoms with E-state index in [2.05, 4.69) is 21.2 Å². The number of nitrogens with one attached hydrogen (secondary N) is 1. The molecule has 0 aliphatic heterocycles. The lowest BCUT2D eigenvalue weighted by molar-refractivity contribution is -0.141. The van der Waals surface area contributed by atoms with Gasteiger partial charge < -0.3 is 10.2 Å². The molecule has 230 valence electrons. The van der Waals surface area contributed by atoms with Crippen LogP contribution in [0.1, 0.15) is 56.1 Å². The van der Waals surface area contributed by atoms with Gasteiger partial charge >= 0.3 is 0 Å². The molecule has 2 amide bonds. The summed E-state index contributed by atoms with van der Waals surface area (Å²) in [5, 5.41) is 3.23. The second-order valence-corrected chi connectivity index (χ2v) is 13.9. The maximum absolute atomic E-state index is 14.0. The van der Waals surface area contributed by atoms with E-state index in [1.807, 2.05) is 54.6 Å². The second-order valence-electron chi connectivity index (χ2n) is 11.1. The van der Waals surface area contributed by atoms with E-state index < -0.39 is 21.9 Å².